The maximum atomic E-state index is 13.2. The topological polar surface area (TPSA) is 117 Å². The Bertz CT molecular complexity index is 1380. The lowest BCUT2D eigenvalue weighted by Crippen LogP contribution is -2.29. The molecular formula is C25H16FN3O5S. The molecule has 0 aliphatic carbocycles. The molecule has 0 spiro atoms. The maximum absolute atomic E-state index is 13.2. The van der Waals surface area contributed by atoms with Gasteiger partial charge in [0.1, 0.15) is 5.82 Å². The number of amides is 3. The molecule has 0 radical (unpaired) electrons. The van der Waals surface area contributed by atoms with Crippen LogP contribution in [0.25, 0.3) is 0 Å². The smallest absolute Gasteiger partial charge is 0.338 e. The van der Waals surface area contributed by atoms with E-state index in [1.54, 1.807) is 24.3 Å². The van der Waals surface area contributed by atoms with E-state index in [1.165, 1.54) is 42.1 Å². The molecule has 0 aromatic heterocycles. The van der Waals surface area contributed by atoms with Crippen LogP contribution in [0.15, 0.2) is 71.6 Å². The van der Waals surface area contributed by atoms with Crippen molar-refractivity contribution < 1.29 is 28.3 Å². The van der Waals surface area contributed by atoms with Gasteiger partial charge in [-0.05, 0) is 54.6 Å². The van der Waals surface area contributed by atoms with Gasteiger partial charge in [0.05, 0.1) is 39.9 Å². The van der Waals surface area contributed by atoms with Crippen molar-refractivity contribution >= 4 is 46.8 Å². The van der Waals surface area contributed by atoms with Crippen LogP contribution in [0, 0.1) is 17.1 Å². The van der Waals surface area contributed by atoms with Gasteiger partial charge in [-0.1, -0.05) is 12.1 Å². The third kappa shape index (κ3) is 5.05. The summed E-state index contributed by atoms with van der Waals surface area (Å²) in [6.07, 6.45) is 0. The Hall–Kier alpha value is -4.49. The van der Waals surface area contributed by atoms with Crippen molar-refractivity contribution in [3.63, 3.8) is 0 Å². The van der Waals surface area contributed by atoms with Crippen molar-refractivity contribution in [3.05, 3.63) is 89.2 Å². The number of carbonyl (C=O) groups excluding carboxylic acids is 4. The lowest BCUT2D eigenvalue weighted by atomic mass is 10.1. The molecule has 1 aliphatic rings. The number of ether oxygens (including phenoxy) is 1. The molecular weight excluding hydrogens is 473 g/mol. The Morgan fingerprint density at radius 3 is 2.46 bits per heavy atom. The fourth-order valence-electron chi connectivity index (χ4n) is 3.40. The van der Waals surface area contributed by atoms with Crippen LogP contribution in [0.4, 0.5) is 15.8 Å². The second-order valence-electron chi connectivity index (χ2n) is 7.25. The Kier molecular flexibility index (Phi) is 6.89. The average Bonchev–Trinajstić information content (AvgIpc) is 3.11. The number of nitrogens with one attached hydrogen (secondary N) is 1. The van der Waals surface area contributed by atoms with Crippen LogP contribution in [-0.4, -0.2) is 36.1 Å². The number of nitrogens with zero attached hydrogens (tertiary/aromatic N) is 2. The highest BCUT2D eigenvalue weighted by Crippen LogP contribution is 2.29. The summed E-state index contributed by atoms with van der Waals surface area (Å²) in [5.41, 5.74) is 0.772. The number of anilines is 2. The molecule has 0 saturated heterocycles. The normalized spacial score (nSPS) is 12.2. The number of nitriles is 1. The maximum Gasteiger partial charge on any atom is 0.338 e. The number of carbonyl (C=O) groups is 4. The van der Waals surface area contributed by atoms with Crippen LogP contribution >= 0.6 is 11.8 Å². The van der Waals surface area contributed by atoms with Gasteiger partial charge in [0, 0.05) is 4.90 Å². The van der Waals surface area contributed by atoms with E-state index in [9.17, 15) is 23.6 Å². The number of rotatable bonds is 7. The van der Waals surface area contributed by atoms with Crippen LogP contribution in [0.1, 0.15) is 31.1 Å². The molecule has 3 aromatic rings. The first kappa shape index (κ1) is 23.7. The van der Waals surface area contributed by atoms with Gasteiger partial charge in [-0.2, -0.15) is 5.26 Å². The summed E-state index contributed by atoms with van der Waals surface area (Å²) in [6.45, 7) is -0.582. The van der Waals surface area contributed by atoms with E-state index in [1.807, 2.05) is 6.07 Å². The molecule has 0 fully saturated rings. The molecule has 35 heavy (non-hydrogen) atoms. The standard InChI is InChI=1S/C25H16FN3O5S/c26-16-6-8-17(9-7-16)29-23(31)18-10-5-15(13-19(18)24(29)32)25(33)34-14-22(30)28-20-3-1-2-4-21(20)35-12-11-27/h1-10,13H,12,14H2,(H,28,30). The molecule has 1 aliphatic heterocycles. The van der Waals surface area contributed by atoms with Gasteiger partial charge in [-0.15, -0.1) is 11.8 Å². The molecule has 4 rings (SSSR count). The van der Waals surface area contributed by atoms with Crippen molar-refractivity contribution in [1.82, 2.24) is 0 Å². The molecule has 1 heterocycles. The number of fused-ring (bicyclic) bond motifs is 1. The molecule has 0 unspecified atom stereocenters. The van der Waals surface area contributed by atoms with Crippen LogP contribution in [0.5, 0.6) is 0 Å². The second kappa shape index (κ2) is 10.2. The lowest BCUT2D eigenvalue weighted by molar-refractivity contribution is -0.119. The van der Waals surface area contributed by atoms with Crippen LogP contribution in [-0.2, 0) is 9.53 Å². The molecule has 8 nitrogen and oxygen atoms in total. The van der Waals surface area contributed by atoms with Crippen LogP contribution in [0.2, 0.25) is 0 Å². The number of imide groups is 1. The van der Waals surface area contributed by atoms with E-state index in [2.05, 4.69) is 5.32 Å². The summed E-state index contributed by atoms with van der Waals surface area (Å²) in [4.78, 5) is 51.9. The number of hydrogen-bond acceptors (Lipinski definition) is 7. The van der Waals surface area contributed by atoms with Crippen molar-refractivity contribution in [2.75, 3.05) is 22.6 Å². The summed E-state index contributed by atoms with van der Waals surface area (Å²) in [7, 11) is 0. The van der Waals surface area contributed by atoms with Crippen LogP contribution in [0.3, 0.4) is 0 Å². The minimum absolute atomic E-state index is 0.00155. The van der Waals surface area contributed by atoms with Gasteiger partial charge < -0.3 is 10.1 Å². The highest BCUT2D eigenvalue weighted by molar-refractivity contribution is 7.99. The van der Waals surface area contributed by atoms with E-state index in [-0.39, 0.29) is 28.1 Å². The fraction of sp³-hybridized carbons (Fsp3) is 0.0800. The molecule has 3 amide bonds. The summed E-state index contributed by atoms with van der Waals surface area (Å²) in [6, 6.07) is 17.7. The summed E-state index contributed by atoms with van der Waals surface area (Å²) in [5.74, 6) is -2.99. The Labute approximate surface area is 203 Å². The Balaban J connectivity index is 1.42. The Morgan fingerprint density at radius 1 is 1.00 bits per heavy atom. The quantitative estimate of drug-likeness (QED) is 0.302. The molecule has 10 heteroatoms. The highest BCUT2D eigenvalue weighted by Gasteiger charge is 2.37. The third-order valence-electron chi connectivity index (χ3n) is 4.99. The number of halogens is 1. The largest absolute Gasteiger partial charge is 0.452 e. The van der Waals surface area contributed by atoms with Gasteiger partial charge in [0.25, 0.3) is 17.7 Å². The minimum atomic E-state index is -0.851. The summed E-state index contributed by atoms with van der Waals surface area (Å²) >= 11 is 1.26. The number of benzene rings is 3. The van der Waals surface area contributed by atoms with E-state index in [0.717, 1.165) is 17.0 Å². The van der Waals surface area contributed by atoms with E-state index in [0.29, 0.717) is 10.6 Å². The first-order chi connectivity index (χ1) is 16.9. The lowest BCUT2D eigenvalue weighted by Gasteiger charge is -2.13. The third-order valence-corrected chi connectivity index (χ3v) is 5.94. The van der Waals surface area contributed by atoms with Crippen molar-refractivity contribution in [1.29, 1.82) is 5.26 Å². The SMILES string of the molecule is N#CCSc1ccccc1NC(=O)COC(=O)c1ccc2c(c1)C(=O)N(c1ccc(F)cc1)C2=O. The zero-order valence-corrected chi connectivity index (χ0v) is 18.8. The van der Waals surface area contributed by atoms with Crippen molar-refractivity contribution in [2.45, 2.75) is 4.90 Å². The van der Waals surface area contributed by atoms with Gasteiger partial charge in [0.15, 0.2) is 6.61 Å². The van der Waals surface area contributed by atoms with Gasteiger partial charge in [-0.3, -0.25) is 14.4 Å². The average molecular weight is 489 g/mol. The molecule has 3 aromatic carbocycles. The second-order valence-corrected chi connectivity index (χ2v) is 8.27. The number of hydrogen-bond donors (Lipinski definition) is 1. The minimum Gasteiger partial charge on any atom is -0.452 e. The van der Waals surface area contributed by atoms with Gasteiger partial charge in [0.2, 0.25) is 0 Å². The summed E-state index contributed by atoms with van der Waals surface area (Å²) in [5, 5.41) is 11.4. The number of para-hydroxylation sites is 1. The van der Waals surface area contributed by atoms with Gasteiger partial charge >= 0.3 is 5.97 Å². The van der Waals surface area contributed by atoms with E-state index in [4.69, 9.17) is 10.00 Å². The molecule has 0 atom stereocenters. The molecule has 0 bridgehead atoms. The zero-order valence-electron chi connectivity index (χ0n) is 18.0. The number of thioether (sulfide) groups is 1. The summed E-state index contributed by atoms with van der Waals surface area (Å²) < 4.78 is 18.3. The molecule has 0 saturated carbocycles. The zero-order chi connectivity index (χ0) is 24.9. The van der Waals surface area contributed by atoms with Crippen molar-refractivity contribution in [3.8, 4) is 6.07 Å². The fourth-order valence-corrected chi connectivity index (χ4v) is 4.07. The highest BCUT2D eigenvalue weighted by atomic mass is 32.2. The molecule has 1 N–H and O–H groups in total. The predicted octanol–water partition coefficient (Wildman–Crippen LogP) is 4.04. The first-order valence-electron chi connectivity index (χ1n) is 10.2. The van der Waals surface area contributed by atoms with E-state index >= 15 is 0 Å². The molecule has 174 valence electrons. The monoisotopic (exact) mass is 489 g/mol. The first-order valence-corrected chi connectivity index (χ1v) is 11.2. The van der Waals surface area contributed by atoms with Crippen molar-refractivity contribution in [2.24, 2.45) is 0 Å². The predicted molar refractivity (Wildman–Crippen MR) is 126 cm³/mol. The Morgan fingerprint density at radius 2 is 1.71 bits per heavy atom. The van der Waals surface area contributed by atoms with E-state index < -0.39 is 36.1 Å². The van der Waals surface area contributed by atoms with Crippen LogP contribution < -0.4 is 10.2 Å². The number of esters is 1. The van der Waals surface area contributed by atoms with Gasteiger partial charge in [-0.25, -0.2) is 14.1 Å².